The Morgan fingerprint density at radius 3 is 2.25 bits per heavy atom. The lowest BCUT2D eigenvalue weighted by Gasteiger charge is -2.20. The van der Waals surface area contributed by atoms with Gasteiger partial charge in [-0.3, -0.25) is 9.59 Å². The Morgan fingerprint density at radius 2 is 1.58 bits per heavy atom. The average molecular weight is 493 g/mol. The minimum atomic E-state index is -0.349. The predicted octanol–water partition coefficient (Wildman–Crippen LogP) is 6.61. The van der Waals surface area contributed by atoms with E-state index in [-0.39, 0.29) is 24.2 Å². The quantitative estimate of drug-likeness (QED) is 0.258. The number of unbranched alkanes of at least 4 members (excludes halogenated alkanes) is 6. The van der Waals surface area contributed by atoms with Crippen LogP contribution in [0.2, 0.25) is 0 Å². The standard InChI is InChI=1S/C29H37FN4O2/c1-3-5-6-7-8-9-13-16-29(36)33(4-2)22-28(35)31-27-21-26(23-14-11-10-12-15-23)32-34(27)25-19-17-24(30)18-20-25/h10-12,14-15,17-21H,3-9,13,16,22H2,1-2H3,(H,31,35). The maximum Gasteiger partial charge on any atom is 0.245 e. The van der Waals surface area contributed by atoms with Crippen LogP contribution in [0.25, 0.3) is 16.9 Å². The van der Waals surface area contributed by atoms with Gasteiger partial charge in [-0.1, -0.05) is 75.8 Å². The molecule has 0 aliphatic rings. The van der Waals surface area contributed by atoms with Gasteiger partial charge in [-0.15, -0.1) is 0 Å². The zero-order valence-corrected chi connectivity index (χ0v) is 21.4. The number of amides is 2. The summed E-state index contributed by atoms with van der Waals surface area (Å²) in [4.78, 5) is 27.2. The van der Waals surface area contributed by atoms with Gasteiger partial charge >= 0.3 is 0 Å². The Labute approximate surface area is 213 Å². The van der Waals surface area contributed by atoms with Crippen LogP contribution in [0.1, 0.15) is 65.2 Å². The number of anilines is 1. The number of aromatic nitrogens is 2. The molecule has 0 bridgehead atoms. The average Bonchev–Trinajstić information content (AvgIpc) is 3.31. The molecule has 0 aliphatic carbocycles. The molecular formula is C29H37FN4O2. The maximum absolute atomic E-state index is 13.5. The molecule has 0 unspecified atom stereocenters. The molecule has 3 rings (SSSR count). The third kappa shape index (κ3) is 8.04. The first-order chi connectivity index (χ1) is 17.5. The van der Waals surface area contributed by atoms with Crippen LogP contribution in [0.5, 0.6) is 0 Å². The van der Waals surface area contributed by atoms with E-state index in [0.717, 1.165) is 24.8 Å². The highest BCUT2D eigenvalue weighted by molar-refractivity contribution is 5.94. The van der Waals surface area contributed by atoms with E-state index in [1.807, 2.05) is 37.3 Å². The molecule has 0 radical (unpaired) electrons. The van der Waals surface area contributed by atoms with Crippen LogP contribution in [-0.2, 0) is 9.59 Å². The second-order valence-electron chi connectivity index (χ2n) is 9.00. The van der Waals surface area contributed by atoms with Crippen molar-refractivity contribution < 1.29 is 14.0 Å². The van der Waals surface area contributed by atoms with Gasteiger partial charge in [0.2, 0.25) is 11.8 Å². The van der Waals surface area contributed by atoms with E-state index >= 15 is 0 Å². The van der Waals surface area contributed by atoms with Crippen LogP contribution in [0.15, 0.2) is 60.7 Å². The normalized spacial score (nSPS) is 10.9. The van der Waals surface area contributed by atoms with Crippen LogP contribution in [0.4, 0.5) is 10.2 Å². The Hall–Kier alpha value is -3.48. The van der Waals surface area contributed by atoms with Crippen molar-refractivity contribution in [3.05, 3.63) is 66.5 Å². The largest absolute Gasteiger partial charge is 0.334 e. The Morgan fingerprint density at radius 1 is 0.917 bits per heavy atom. The van der Waals surface area contributed by atoms with Gasteiger partial charge in [0.25, 0.3) is 0 Å². The third-order valence-corrected chi connectivity index (χ3v) is 6.18. The molecule has 2 amide bonds. The van der Waals surface area contributed by atoms with E-state index < -0.39 is 0 Å². The summed E-state index contributed by atoms with van der Waals surface area (Å²) < 4.78 is 15.1. The molecule has 1 heterocycles. The topological polar surface area (TPSA) is 67.2 Å². The molecular weight excluding hydrogens is 455 g/mol. The van der Waals surface area contributed by atoms with Crippen molar-refractivity contribution in [1.29, 1.82) is 0 Å². The summed E-state index contributed by atoms with van der Waals surface area (Å²) >= 11 is 0. The number of benzene rings is 2. The minimum Gasteiger partial charge on any atom is -0.334 e. The summed E-state index contributed by atoms with van der Waals surface area (Å²) in [5, 5.41) is 7.55. The fraction of sp³-hybridized carbons (Fsp3) is 0.414. The predicted molar refractivity (Wildman–Crippen MR) is 142 cm³/mol. The van der Waals surface area contributed by atoms with Gasteiger partial charge in [-0.2, -0.15) is 5.10 Å². The van der Waals surface area contributed by atoms with Gasteiger partial charge in [0, 0.05) is 24.6 Å². The van der Waals surface area contributed by atoms with E-state index in [0.29, 0.717) is 30.2 Å². The summed E-state index contributed by atoms with van der Waals surface area (Å²) in [6.45, 7) is 4.52. The van der Waals surface area contributed by atoms with E-state index in [4.69, 9.17) is 0 Å². The van der Waals surface area contributed by atoms with E-state index in [9.17, 15) is 14.0 Å². The SMILES string of the molecule is CCCCCCCCCC(=O)N(CC)CC(=O)Nc1cc(-c2ccccc2)nn1-c1ccc(F)cc1. The molecule has 6 nitrogen and oxygen atoms in total. The summed E-state index contributed by atoms with van der Waals surface area (Å²) in [6.07, 6.45) is 8.46. The number of halogens is 1. The van der Waals surface area contributed by atoms with Crippen LogP contribution in [-0.4, -0.2) is 39.6 Å². The highest BCUT2D eigenvalue weighted by Gasteiger charge is 2.18. The number of carbonyl (C=O) groups is 2. The van der Waals surface area contributed by atoms with Crippen molar-refractivity contribution in [2.24, 2.45) is 0 Å². The van der Waals surface area contributed by atoms with Gasteiger partial charge in [-0.05, 0) is 37.6 Å². The molecule has 1 N–H and O–H groups in total. The molecule has 0 saturated carbocycles. The van der Waals surface area contributed by atoms with Crippen LogP contribution in [0, 0.1) is 5.82 Å². The molecule has 1 aromatic heterocycles. The monoisotopic (exact) mass is 492 g/mol. The summed E-state index contributed by atoms with van der Waals surface area (Å²) in [5.74, 6) is -0.190. The van der Waals surface area contributed by atoms with Gasteiger partial charge in [0.05, 0.1) is 17.9 Å². The van der Waals surface area contributed by atoms with Crippen molar-refractivity contribution >= 4 is 17.6 Å². The summed E-state index contributed by atoms with van der Waals surface area (Å²) in [6, 6.07) is 17.3. The number of rotatable bonds is 14. The lowest BCUT2D eigenvalue weighted by atomic mass is 10.1. The smallest absolute Gasteiger partial charge is 0.245 e. The summed E-state index contributed by atoms with van der Waals surface area (Å²) in [7, 11) is 0. The Kier molecular flexibility index (Phi) is 10.7. The molecule has 0 saturated heterocycles. The lowest BCUT2D eigenvalue weighted by Crippen LogP contribution is -2.38. The van der Waals surface area contributed by atoms with Gasteiger partial charge in [0.1, 0.15) is 11.6 Å². The minimum absolute atomic E-state index is 0.00164. The van der Waals surface area contributed by atoms with Gasteiger partial charge < -0.3 is 10.2 Å². The second-order valence-corrected chi connectivity index (χ2v) is 9.00. The molecule has 36 heavy (non-hydrogen) atoms. The number of nitrogens with zero attached hydrogens (tertiary/aromatic N) is 3. The highest BCUT2D eigenvalue weighted by atomic mass is 19.1. The van der Waals surface area contributed by atoms with Gasteiger partial charge in [0.15, 0.2) is 0 Å². The Bertz CT molecular complexity index is 1100. The van der Waals surface area contributed by atoms with Gasteiger partial charge in [-0.25, -0.2) is 9.07 Å². The Balaban J connectivity index is 1.64. The fourth-order valence-corrected chi connectivity index (χ4v) is 4.12. The van der Waals surface area contributed by atoms with E-state index in [1.54, 1.807) is 27.8 Å². The zero-order chi connectivity index (χ0) is 25.8. The number of carbonyl (C=O) groups excluding carboxylic acids is 2. The molecule has 3 aromatic rings. The molecule has 7 heteroatoms. The van der Waals surface area contributed by atoms with Crippen LogP contribution < -0.4 is 5.32 Å². The van der Waals surface area contributed by atoms with Crippen LogP contribution >= 0.6 is 0 Å². The molecule has 0 fully saturated rings. The molecule has 0 aliphatic heterocycles. The first kappa shape index (κ1) is 27.1. The number of nitrogens with one attached hydrogen (secondary N) is 1. The van der Waals surface area contributed by atoms with Crippen molar-refractivity contribution in [1.82, 2.24) is 14.7 Å². The first-order valence-corrected chi connectivity index (χ1v) is 13.0. The third-order valence-electron chi connectivity index (χ3n) is 6.18. The zero-order valence-electron chi connectivity index (χ0n) is 21.4. The van der Waals surface area contributed by atoms with Crippen molar-refractivity contribution in [2.45, 2.75) is 65.2 Å². The molecule has 0 spiro atoms. The fourth-order valence-electron chi connectivity index (χ4n) is 4.12. The van der Waals surface area contributed by atoms with Crippen molar-refractivity contribution in [3.63, 3.8) is 0 Å². The maximum atomic E-state index is 13.5. The number of hydrogen-bond acceptors (Lipinski definition) is 3. The number of likely N-dealkylation sites (N-methyl/N-ethyl adjacent to an activating group) is 1. The first-order valence-electron chi connectivity index (χ1n) is 13.0. The molecule has 0 atom stereocenters. The van der Waals surface area contributed by atoms with E-state index in [1.165, 1.54) is 37.8 Å². The second kappa shape index (κ2) is 14.2. The van der Waals surface area contributed by atoms with Crippen molar-refractivity contribution in [2.75, 3.05) is 18.4 Å². The van der Waals surface area contributed by atoms with E-state index in [2.05, 4.69) is 17.3 Å². The highest BCUT2D eigenvalue weighted by Crippen LogP contribution is 2.25. The molecule has 192 valence electrons. The lowest BCUT2D eigenvalue weighted by molar-refractivity contribution is -0.134. The molecule has 2 aromatic carbocycles. The van der Waals surface area contributed by atoms with Crippen molar-refractivity contribution in [3.8, 4) is 16.9 Å². The number of hydrogen-bond donors (Lipinski definition) is 1. The van der Waals surface area contributed by atoms with Crippen LogP contribution in [0.3, 0.4) is 0 Å². The summed E-state index contributed by atoms with van der Waals surface area (Å²) in [5.41, 5.74) is 2.20.